The van der Waals surface area contributed by atoms with Crippen LogP contribution in [0.5, 0.6) is 17.2 Å². The molecule has 2 aliphatic carbocycles. The number of hydrogen-bond acceptors (Lipinski definition) is 9. The van der Waals surface area contributed by atoms with E-state index in [9.17, 15) is 32.7 Å². The van der Waals surface area contributed by atoms with E-state index in [1.165, 1.54) is 19.1 Å². The second kappa shape index (κ2) is 15.3. The van der Waals surface area contributed by atoms with Gasteiger partial charge in [-0.1, -0.05) is 78.2 Å². The van der Waals surface area contributed by atoms with Gasteiger partial charge in [0.15, 0.2) is 17.3 Å². The van der Waals surface area contributed by atoms with Gasteiger partial charge in [0.2, 0.25) is 17.6 Å². The number of carbonyl (C=O) groups is 4. The zero-order valence-electron chi connectivity index (χ0n) is 32.3. The van der Waals surface area contributed by atoms with Gasteiger partial charge in [0.25, 0.3) is 11.8 Å². The fraction of sp³-hybridized carbons (Fsp3) is 0.295. The van der Waals surface area contributed by atoms with Gasteiger partial charge in [-0.25, -0.2) is 4.98 Å². The number of aromatic hydroxyl groups is 1. The topological polar surface area (TPSA) is 138 Å². The van der Waals surface area contributed by atoms with Crippen LogP contribution in [0.2, 0.25) is 10.0 Å². The highest BCUT2D eigenvalue weighted by molar-refractivity contribution is 6.33. The van der Waals surface area contributed by atoms with Crippen LogP contribution in [0.15, 0.2) is 90.7 Å². The highest BCUT2D eigenvalue weighted by Crippen LogP contribution is 2.62. The molecule has 3 aromatic carbocycles. The molecule has 0 unspecified atom stereocenters. The summed E-state index contributed by atoms with van der Waals surface area (Å²) in [6, 6.07) is 17.4. The van der Waals surface area contributed by atoms with Crippen molar-refractivity contribution in [1.29, 1.82) is 0 Å². The number of allylic oxidation sites excluding steroid dienone is 3. The predicted molar refractivity (Wildman–Crippen MR) is 216 cm³/mol. The summed E-state index contributed by atoms with van der Waals surface area (Å²) in [4.78, 5) is 64.1. The van der Waals surface area contributed by atoms with Crippen LogP contribution in [-0.4, -0.2) is 52.9 Å². The molecule has 2 aliphatic heterocycles. The number of amides is 4. The van der Waals surface area contributed by atoms with E-state index in [0.717, 1.165) is 17.0 Å². The molecule has 6 atom stereocenters. The number of benzene rings is 3. The van der Waals surface area contributed by atoms with E-state index in [2.05, 4.69) is 10.4 Å². The standard InChI is InChI=1S/C44H37Cl2F3N4O7/c1-4-22-5-12-27(13-6-22)52-39(55)29-15-14-28-30(36(29)41(52)57)20-32-40(56)53(51-38-33(46)19-25(21-50-38)44(47,48)49)42(58)43(32,24-8-10-26(45)11-9-24)31(28)16-7-23-17-34(59-2)37(54)35(18-23)60-3/h5-14,16-19,21,29-32,36,54H,4,15,20H2,1-3H3,(H,50,51)/t29-,30+,31-,32-,36-,43-/m0/s1. The number of carbonyl (C=O) groups excluding carboxylic acids is 4. The number of anilines is 2. The number of aromatic nitrogens is 1. The fourth-order valence-corrected chi connectivity index (χ4v) is 9.72. The van der Waals surface area contributed by atoms with Gasteiger partial charge in [0.1, 0.15) is 0 Å². The number of hydrazine groups is 1. The number of nitrogens with one attached hydrogen (secondary N) is 1. The van der Waals surface area contributed by atoms with Crippen molar-refractivity contribution in [2.24, 2.45) is 29.6 Å². The lowest BCUT2D eigenvalue weighted by Crippen LogP contribution is -2.54. The smallest absolute Gasteiger partial charge is 0.417 e. The summed E-state index contributed by atoms with van der Waals surface area (Å²) in [5.41, 5.74) is 2.75. The molecule has 8 rings (SSSR count). The van der Waals surface area contributed by atoms with E-state index < -0.39 is 69.5 Å². The third-order valence-electron chi connectivity index (χ3n) is 12.2. The Morgan fingerprint density at radius 3 is 2.20 bits per heavy atom. The monoisotopic (exact) mass is 860 g/mol. The number of alkyl halides is 3. The van der Waals surface area contributed by atoms with Crippen molar-refractivity contribution in [3.63, 3.8) is 0 Å². The van der Waals surface area contributed by atoms with Crippen LogP contribution >= 0.6 is 23.2 Å². The molecule has 4 aromatic rings. The molecule has 11 nitrogen and oxygen atoms in total. The molecule has 60 heavy (non-hydrogen) atoms. The minimum atomic E-state index is -4.76. The molecular formula is C44H37Cl2F3N4O7. The third-order valence-corrected chi connectivity index (χ3v) is 12.7. The number of phenolic OH excluding ortho intramolecular Hbond substituents is 1. The van der Waals surface area contributed by atoms with Gasteiger partial charge in [0, 0.05) is 17.1 Å². The normalized spacial score (nSPS) is 25.0. The molecule has 1 saturated carbocycles. The highest BCUT2D eigenvalue weighted by Gasteiger charge is 2.69. The van der Waals surface area contributed by atoms with Gasteiger partial charge in [-0.3, -0.25) is 29.5 Å². The number of hydrogen-bond donors (Lipinski definition) is 2. The maximum absolute atomic E-state index is 15.4. The van der Waals surface area contributed by atoms with Crippen molar-refractivity contribution in [3.05, 3.63) is 123 Å². The maximum Gasteiger partial charge on any atom is 0.417 e. The molecule has 4 amide bonds. The van der Waals surface area contributed by atoms with Crippen LogP contribution in [0.4, 0.5) is 24.7 Å². The van der Waals surface area contributed by atoms with Crippen LogP contribution in [0.1, 0.15) is 42.0 Å². The van der Waals surface area contributed by atoms with Gasteiger partial charge in [-0.2, -0.15) is 18.2 Å². The summed E-state index contributed by atoms with van der Waals surface area (Å²) >= 11 is 12.7. The first kappa shape index (κ1) is 40.9. The summed E-state index contributed by atoms with van der Waals surface area (Å²) in [6.07, 6.45) is 1.98. The molecule has 4 aliphatic rings. The minimum Gasteiger partial charge on any atom is -0.502 e. The number of pyridine rings is 1. The number of methoxy groups -OCH3 is 2. The van der Waals surface area contributed by atoms with E-state index in [4.69, 9.17) is 32.7 Å². The van der Waals surface area contributed by atoms with Crippen LogP contribution in [0.25, 0.3) is 6.08 Å². The lowest BCUT2D eigenvalue weighted by molar-refractivity contribution is -0.139. The van der Waals surface area contributed by atoms with E-state index in [0.29, 0.717) is 39.7 Å². The summed E-state index contributed by atoms with van der Waals surface area (Å²) in [7, 11) is 2.75. The molecular weight excluding hydrogens is 824 g/mol. The van der Waals surface area contributed by atoms with Crippen LogP contribution in [-0.2, 0) is 37.2 Å². The van der Waals surface area contributed by atoms with Crippen LogP contribution < -0.4 is 19.8 Å². The molecule has 310 valence electrons. The second-order valence-electron chi connectivity index (χ2n) is 15.1. The largest absolute Gasteiger partial charge is 0.502 e. The Bertz CT molecular complexity index is 2470. The number of ether oxygens (including phenoxy) is 2. The predicted octanol–water partition coefficient (Wildman–Crippen LogP) is 8.43. The van der Waals surface area contributed by atoms with Gasteiger partial charge < -0.3 is 14.6 Å². The van der Waals surface area contributed by atoms with Crippen LogP contribution in [0.3, 0.4) is 0 Å². The zero-order chi connectivity index (χ0) is 42.8. The second-order valence-corrected chi connectivity index (χ2v) is 16.0. The number of nitrogens with zero attached hydrogens (tertiary/aromatic N) is 3. The van der Waals surface area contributed by atoms with Crippen molar-refractivity contribution in [1.82, 2.24) is 9.99 Å². The van der Waals surface area contributed by atoms with E-state index in [-0.39, 0.29) is 41.8 Å². The number of phenols is 1. The van der Waals surface area contributed by atoms with Crippen molar-refractivity contribution in [3.8, 4) is 17.2 Å². The Kier molecular flexibility index (Phi) is 10.4. The number of halogens is 5. The Balaban J connectivity index is 1.30. The number of imide groups is 2. The molecule has 1 aromatic heterocycles. The lowest BCUT2D eigenvalue weighted by Gasteiger charge is -2.49. The molecule has 3 fully saturated rings. The minimum absolute atomic E-state index is 0.0423. The van der Waals surface area contributed by atoms with E-state index in [1.54, 1.807) is 60.7 Å². The molecule has 16 heteroatoms. The third kappa shape index (κ3) is 6.47. The average molecular weight is 862 g/mol. The molecule has 2 N–H and O–H groups in total. The van der Waals surface area contributed by atoms with Gasteiger partial charge >= 0.3 is 6.18 Å². The Hall–Kier alpha value is -5.86. The molecule has 0 radical (unpaired) electrons. The van der Waals surface area contributed by atoms with Crippen molar-refractivity contribution in [2.45, 2.75) is 37.8 Å². The Morgan fingerprint density at radius 1 is 0.933 bits per heavy atom. The van der Waals surface area contributed by atoms with Crippen molar-refractivity contribution >= 4 is 64.4 Å². The fourth-order valence-electron chi connectivity index (χ4n) is 9.38. The summed E-state index contributed by atoms with van der Waals surface area (Å²) in [5.74, 6) is -7.18. The zero-order valence-corrected chi connectivity index (χ0v) is 33.8. The summed E-state index contributed by atoms with van der Waals surface area (Å²) < 4.78 is 51.4. The van der Waals surface area contributed by atoms with Crippen molar-refractivity contribution < 1.29 is 46.9 Å². The number of fused-ring (bicyclic) bond motifs is 4. The maximum atomic E-state index is 15.4. The molecule has 0 spiro atoms. The molecule has 2 saturated heterocycles. The van der Waals surface area contributed by atoms with Gasteiger partial charge in [0.05, 0.1) is 53.7 Å². The van der Waals surface area contributed by atoms with Crippen molar-refractivity contribution in [2.75, 3.05) is 24.5 Å². The average Bonchev–Trinajstić information content (AvgIpc) is 3.61. The SMILES string of the molecule is CCc1ccc(N2C(=O)[C@H]3[C@H](CC=C4[C@H]3C[C@H]3C(=O)N(Nc5ncc(C(F)(F)F)cc5Cl)C(=O)[C@@]3(c3ccc(Cl)cc3)[C@H]4C=Cc3cc(OC)c(O)c(OC)c3)C2=O)cc1. The number of rotatable bonds is 9. The Labute approximate surface area is 352 Å². The van der Waals surface area contributed by atoms with Crippen LogP contribution in [0, 0.1) is 29.6 Å². The first-order chi connectivity index (χ1) is 28.6. The summed E-state index contributed by atoms with van der Waals surface area (Å²) in [6.45, 7) is 2.00. The highest BCUT2D eigenvalue weighted by atomic mass is 35.5. The lowest BCUT2D eigenvalue weighted by atomic mass is 9.50. The van der Waals surface area contributed by atoms with E-state index >= 15 is 4.79 Å². The first-order valence-electron chi connectivity index (χ1n) is 19.1. The Morgan fingerprint density at radius 2 is 1.60 bits per heavy atom. The number of aryl methyl sites for hydroxylation is 1. The van der Waals surface area contributed by atoms with E-state index in [1.807, 2.05) is 25.1 Å². The molecule has 0 bridgehead atoms. The quantitative estimate of drug-likeness (QED) is 0.126. The van der Waals surface area contributed by atoms with Gasteiger partial charge in [-0.05, 0) is 84.3 Å². The molecule has 3 heterocycles. The van der Waals surface area contributed by atoms with Gasteiger partial charge in [-0.15, -0.1) is 0 Å². The summed E-state index contributed by atoms with van der Waals surface area (Å²) in [5, 5.41) is 11.2. The first-order valence-corrected chi connectivity index (χ1v) is 19.8.